The van der Waals surface area contributed by atoms with Crippen LogP contribution in [0.15, 0.2) is 36.7 Å². The maximum atomic E-state index is 14.9. The van der Waals surface area contributed by atoms with E-state index in [1.54, 1.807) is 13.8 Å². The largest absolute Gasteiger partial charge is 0.408 e. The molecule has 1 amide bonds. The number of rotatable bonds is 11. The number of ether oxygens (including phenoxy) is 1. The molecule has 12 heteroatoms. The highest BCUT2D eigenvalue weighted by Gasteiger charge is 2.47. The van der Waals surface area contributed by atoms with Crippen LogP contribution in [0.1, 0.15) is 45.3 Å². The number of nitrogens with one attached hydrogen (secondary N) is 3. The lowest BCUT2D eigenvalue weighted by molar-refractivity contribution is -0.163. The van der Waals surface area contributed by atoms with Crippen LogP contribution >= 0.6 is 0 Å². The predicted molar refractivity (Wildman–Crippen MR) is 134 cm³/mol. The summed E-state index contributed by atoms with van der Waals surface area (Å²) < 4.78 is 63.4. The van der Waals surface area contributed by atoms with E-state index in [4.69, 9.17) is 4.74 Å². The van der Waals surface area contributed by atoms with Gasteiger partial charge in [-0.3, -0.25) is 14.8 Å². The van der Waals surface area contributed by atoms with E-state index < -0.39 is 29.8 Å². The fourth-order valence-corrected chi connectivity index (χ4v) is 4.02. The van der Waals surface area contributed by atoms with E-state index in [9.17, 15) is 22.4 Å². The first kappa shape index (κ1) is 28.7. The molecule has 0 radical (unpaired) electrons. The van der Waals surface area contributed by atoms with Gasteiger partial charge in [-0.2, -0.15) is 18.3 Å². The zero-order chi connectivity index (χ0) is 27.2. The standard InChI is InChI=1S/C25H36F4N6O2/c1-17(2)35-16-18(15-32-35)21(25(27,28)29)33-22(24(3,4)26)23(36)31-10-9-30-19-5-7-20(8-6-19)34-11-13-37-14-12-34/h5-8,15-17,21-22,30,33H,9-14H2,1-4H3,(H,31,36). The highest BCUT2D eigenvalue weighted by molar-refractivity contribution is 5.83. The summed E-state index contributed by atoms with van der Waals surface area (Å²) in [5.74, 6) is -0.859. The summed E-state index contributed by atoms with van der Waals surface area (Å²) in [5.41, 5.74) is -0.541. The Hall–Kier alpha value is -2.86. The number of carbonyl (C=O) groups is 1. The van der Waals surface area contributed by atoms with E-state index >= 15 is 0 Å². The number of amides is 1. The number of alkyl halides is 4. The van der Waals surface area contributed by atoms with Crippen molar-refractivity contribution in [2.45, 2.75) is 57.7 Å². The van der Waals surface area contributed by atoms with Crippen LogP contribution < -0.4 is 20.9 Å². The van der Waals surface area contributed by atoms with E-state index in [-0.39, 0.29) is 18.2 Å². The minimum absolute atomic E-state index is 0.0975. The molecule has 0 spiro atoms. The summed E-state index contributed by atoms with van der Waals surface area (Å²) in [6.07, 6.45) is -2.42. The van der Waals surface area contributed by atoms with Gasteiger partial charge >= 0.3 is 6.18 Å². The molecule has 0 bridgehead atoms. The molecule has 0 aliphatic carbocycles. The monoisotopic (exact) mass is 528 g/mol. The Bertz CT molecular complexity index is 998. The number of benzene rings is 1. The fourth-order valence-electron chi connectivity index (χ4n) is 4.02. The van der Waals surface area contributed by atoms with Crippen molar-refractivity contribution in [2.75, 3.05) is 49.6 Å². The first-order valence-electron chi connectivity index (χ1n) is 12.4. The van der Waals surface area contributed by atoms with E-state index in [2.05, 4.69) is 25.9 Å². The van der Waals surface area contributed by atoms with Crippen molar-refractivity contribution < 1.29 is 27.1 Å². The molecule has 1 aromatic heterocycles. The van der Waals surface area contributed by atoms with Crippen LogP contribution in [-0.2, 0) is 9.53 Å². The first-order valence-corrected chi connectivity index (χ1v) is 12.4. The molecule has 2 atom stereocenters. The average molecular weight is 529 g/mol. The van der Waals surface area contributed by atoms with E-state index in [0.29, 0.717) is 19.8 Å². The Kier molecular flexibility index (Phi) is 9.41. The lowest BCUT2D eigenvalue weighted by atomic mass is 9.97. The lowest BCUT2D eigenvalue weighted by Crippen LogP contribution is -2.57. The number of hydrogen-bond acceptors (Lipinski definition) is 6. The molecule has 1 fully saturated rings. The molecule has 3 N–H and O–H groups in total. The predicted octanol–water partition coefficient (Wildman–Crippen LogP) is 3.84. The second kappa shape index (κ2) is 12.1. The van der Waals surface area contributed by atoms with Gasteiger partial charge in [0.15, 0.2) is 0 Å². The normalized spacial score (nSPS) is 16.5. The van der Waals surface area contributed by atoms with E-state index in [1.165, 1.54) is 10.9 Å². The Morgan fingerprint density at radius 1 is 1.08 bits per heavy atom. The second-order valence-electron chi connectivity index (χ2n) is 9.85. The zero-order valence-corrected chi connectivity index (χ0v) is 21.6. The summed E-state index contributed by atoms with van der Waals surface area (Å²) in [6.45, 7) is 9.15. The second-order valence-corrected chi connectivity index (χ2v) is 9.85. The maximum Gasteiger partial charge on any atom is 0.408 e. The molecule has 1 aliphatic heterocycles. The van der Waals surface area contributed by atoms with Crippen molar-refractivity contribution in [3.05, 3.63) is 42.2 Å². The molecular formula is C25H36F4N6O2. The molecule has 3 rings (SSSR count). The van der Waals surface area contributed by atoms with Crippen LogP contribution in [0.2, 0.25) is 0 Å². The van der Waals surface area contributed by atoms with Gasteiger partial charge in [-0.05, 0) is 52.0 Å². The minimum Gasteiger partial charge on any atom is -0.383 e. The van der Waals surface area contributed by atoms with Gasteiger partial charge in [0.2, 0.25) is 5.91 Å². The highest BCUT2D eigenvalue weighted by atomic mass is 19.4. The molecule has 2 unspecified atom stereocenters. The third-order valence-electron chi connectivity index (χ3n) is 6.09. The van der Waals surface area contributed by atoms with E-state index in [0.717, 1.165) is 44.5 Å². The molecule has 0 saturated carbocycles. The van der Waals surface area contributed by atoms with Crippen LogP contribution in [0.4, 0.5) is 28.9 Å². The van der Waals surface area contributed by atoms with Crippen molar-refractivity contribution in [3.8, 4) is 0 Å². The SMILES string of the molecule is CC(C)n1cc(C(NC(C(=O)NCCNc2ccc(N3CCOCC3)cc2)C(C)(C)F)C(F)(F)F)cn1. The van der Waals surface area contributed by atoms with Gasteiger partial charge in [-0.15, -0.1) is 0 Å². The van der Waals surface area contributed by atoms with Crippen LogP contribution in [0.25, 0.3) is 0 Å². The van der Waals surface area contributed by atoms with Gasteiger partial charge in [0.25, 0.3) is 0 Å². The van der Waals surface area contributed by atoms with Gasteiger partial charge in [-0.1, -0.05) is 0 Å². The molecule has 2 aromatic rings. The van der Waals surface area contributed by atoms with Crippen molar-refractivity contribution >= 4 is 17.3 Å². The van der Waals surface area contributed by atoms with Crippen molar-refractivity contribution in [2.24, 2.45) is 0 Å². The molecule has 8 nitrogen and oxygen atoms in total. The van der Waals surface area contributed by atoms with Crippen molar-refractivity contribution in [1.29, 1.82) is 0 Å². The number of carbonyl (C=O) groups excluding carboxylic acids is 1. The number of nitrogens with zero attached hydrogens (tertiary/aromatic N) is 3. The van der Waals surface area contributed by atoms with Crippen molar-refractivity contribution in [1.82, 2.24) is 20.4 Å². The number of halogens is 4. The Morgan fingerprint density at radius 2 is 1.73 bits per heavy atom. The fraction of sp³-hybridized carbons (Fsp3) is 0.600. The van der Waals surface area contributed by atoms with Gasteiger partial charge in [-0.25, -0.2) is 4.39 Å². The van der Waals surface area contributed by atoms with Crippen LogP contribution in [0.3, 0.4) is 0 Å². The Morgan fingerprint density at radius 3 is 2.27 bits per heavy atom. The molecule has 206 valence electrons. The topological polar surface area (TPSA) is 83.5 Å². The summed E-state index contributed by atoms with van der Waals surface area (Å²) >= 11 is 0. The smallest absolute Gasteiger partial charge is 0.383 e. The quantitative estimate of drug-likeness (QED) is 0.304. The number of hydrogen-bond donors (Lipinski definition) is 3. The summed E-state index contributed by atoms with van der Waals surface area (Å²) in [4.78, 5) is 15.0. The number of morpholine rings is 1. The molecule has 1 saturated heterocycles. The maximum absolute atomic E-state index is 14.9. The van der Waals surface area contributed by atoms with E-state index in [1.807, 2.05) is 24.3 Å². The first-order chi connectivity index (χ1) is 17.4. The summed E-state index contributed by atoms with van der Waals surface area (Å²) in [5, 5.41) is 11.8. The molecule has 1 aromatic carbocycles. The Balaban J connectivity index is 1.57. The lowest BCUT2D eigenvalue weighted by Gasteiger charge is -2.32. The number of anilines is 2. The minimum atomic E-state index is -4.76. The van der Waals surface area contributed by atoms with Crippen LogP contribution in [0.5, 0.6) is 0 Å². The third kappa shape index (κ3) is 8.06. The summed E-state index contributed by atoms with van der Waals surface area (Å²) in [6, 6.07) is 3.64. The highest BCUT2D eigenvalue weighted by Crippen LogP contribution is 2.34. The molecule has 37 heavy (non-hydrogen) atoms. The molecular weight excluding hydrogens is 492 g/mol. The van der Waals surface area contributed by atoms with Gasteiger partial charge in [0.05, 0.1) is 19.4 Å². The average Bonchev–Trinajstić information content (AvgIpc) is 3.31. The van der Waals surface area contributed by atoms with Crippen molar-refractivity contribution in [3.63, 3.8) is 0 Å². The van der Waals surface area contributed by atoms with Crippen LogP contribution in [-0.4, -0.2) is 73.0 Å². The van der Waals surface area contributed by atoms with Gasteiger partial charge in [0, 0.05) is 55.4 Å². The molecule has 2 heterocycles. The number of aromatic nitrogens is 2. The van der Waals surface area contributed by atoms with Crippen LogP contribution in [0, 0.1) is 0 Å². The van der Waals surface area contributed by atoms with Gasteiger partial charge in [0.1, 0.15) is 17.8 Å². The molecule has 1 aliphatic rings. The Labute approximate surface area is 214 Å². The zero-order valence-electron chi connectivity index (χ0n) is 21.6. The summed E-state index contributed by atoms with van der Waals surface area (Å²) in [7, 11) is 0. The third-order valence-corrected chi connectivity index (χ3v) is 6.09. The van der Waals surface area contributed by atoms with Gasteiger partial charge < -0.3 is 20.3 Å².